The van der Waals surface area contributed by atoms with E-state index in [4.69, 9.17) is 10.5 Å². The first-order valence-corrected chi connectivity index (χ1v) is 11.3. The Morgan fingerprint density at radius 2 is 2.00 bits per heavy atom. The van der Waals surface area contributed by atoms with Crippen LogP contribution in [0.1, 0.15) is 30.5 Å². The number of pyridine rings is 1. The molecule has 2 aromatic rings. The second-order valence-electron chi connectivity index (χ2n) is 8.42. The van der Waals surface area contributed by atoms with Crippen LogP contribution in [0.25, 0.3) is 11.3 Å². The summed E-state index contributed by atoms with van der Waals surface area (Å²) in [6.07, 6.45) is -2.27. The number of likely N-dealkylation sites (N-methyl/N-ethyl adjacent to an activating group) is 1. The predicted molar refractivity (Wildman–Crippen MR) is 127 cm³/mol. The van der Waals surface area contributed by atoms with Gasteiger partial charge in [0.15, 0.2) is 5.69 Å². The van der Waals surface area contributed by atoms with Gasteiger partial charge in [-0.15, -0.1) is 0 Å². The lowest BCUT2D eigenvalue weighted by Crippen LogP contribution is -2.40. The molecular weight excluding hydrogens is 461 g/mol. The number of nitrogens with one attached hydrogen (secondary N) is 2. The number of aromatic nitrogens is 1. The van der Waals surface area contributed by atoms with Gasteiger partial charge in [-0.25, -0.2) is 4.98 Å². The molecule has 1 aliphatic rings. The minimum atomic E-state index is -4.63. The molecule has 0 spiro atoms. The molecule has 1 aliphatic heterocycles. The average molecular weight is 491 g/mol. The number of halogens is 3. The van der Waals surface area contributed by atoms with Crippen molar-refractivity contribution in [3.63, 3.8) is 0 Å². The third-order valence-corrected chi connectivity index (χ3v) is 6.15. The molecular formula is C24H29F3N6O2. The summed E-state index contributed by atoms with van der Waals surface area (Å²) in [5.74, 6) is 0.0473. The van der Waals surface area contributed by atoms with Crippen molar-refractivity contribution in [2.24, 2.45) is 5.92 Å². The molecule has 0 radical (unpaired) electrons. The van der Waals surface area contributed by atoms with Crippen LogP contribution < -0.4 is 21.1 Å². The van der Waals surface area contributed by atoms with Gasteiger partial charge in [0.1, 0.15) is 11.8 Å². The number of likely N-dealkylation sites (tertiary alicyclic amines) is 1. The Morgan fingerprint density at radius 3 is 2.60 bits per heavy atom. The van der Waals surface area contributed by atoms with E-state index < -0.39 is 11.7 Å². The van der Waals surface area contributed by atoms with Crippen molar-refractivity contribution < 1.29 is 22.7 Å². The molecule has 1 aromatic carbocycles. The van der Waals surface area contributed by atoms with Gasteiger partial charge in [-0.05, 0) is 62.5 Å². The number of nitrogen functional groups attached to an aromatic ring is 1. The number of nitrogens with zero attached hydrogens (tertiary/aromatic N) is 3. The maximum Gasteiger partial charge on any atom is 0.419 e. The van der Waals surface area contributed by atoms with E-state index in [0.717, 1.165) is 32.0 Å². The van der Waals surface area contributed by atoms with Gasteiger partial charge in [0.25, 0.3) is 0 Å². The fourth-order valence-electron chi connectivity index (χ4n) is 4.08. The van der Waals surface area contributed by atoms with Crippen molar-refractivity contribution >= 4 is 17.3 Å². The summed E-state index contributed by atoms with van der Waals surface area (Å²) in [5.41, 5.74) is 5.82. The van der Waals surface area contributed by atoms with E-state index in [9.17, 15) is 23.2 Å². The summed E-state index contributed by atoms with van der Waals surface area (Å²) in [4.78, 5) is 17.7. The molecule has 2 heterocycles. The lowest BCUT2D eigenvalue weighted by Gasteiger charge is -2.31. The second-order valence-corrected chi connectivity index (χ2v) is 8.42. The minimum Gasteiger partial charge on any atom is -0.493 e. The van der Waals surface area contributed by atoms with E-state index >= 15 is 0 Å². The number of anilines is 2. The molecule has 1 amide bonds. The third kappa shape index (κ3) is 6.54. The van der Waals surface area contributed by atoms with Gasteiger partial charge in [0, 0.05) is 19.7 Å². The second kappa shape index (κ2) is 11.3. The Balaban J connectivity index is 1.70. The van der Waals surface area contributed by atoms with Crippen molar-refractivity contribution in [2.75, 3.05) is 51.4 Å². The topological polar surface area (TPSA) is 116 Å². The summed E-state index contributed by atoms with van der Waals surface area (Å²) in [7, 11) is 3.20. The highest BCUT2D eigenvalue weighted by atomic mass is 19.4. The first-order chi connectivity index (χ1) is 16.7. The maximum atomic E-state index is 13.8. The number of benzene rings is 1. The van der Waals surface area contributed by atoms with Gasteiger partial charge in [0.05, 0.1) is 35.8 Å². The molecule has 35 heavy (non-hydrogen) atoms. The molecule has 3 rings (SSSR count). The Bertz CT molecular complexity index is 1090. The predicted octanol–water partition coefficient (Wildman–Crippen LogP) is 3.49. The molecule has 0 atom stereocenters. The van der Waals surface area contributed by atoms with Gasteiger partial charge in [-0.1, -0.05) is 0 Å². The number of hydrogen-bond donors (Lipinski definition) is 3. The van der Waals surface area contributed by atoms with Gasteiger partial charge in [0.2, 0.25) is 5.91 Å². The minimum absolute atomic E-state index is 0.0323. The summed E-state index contributed by atoms with van der Waals surface area (Å²) in [6, 6.07) is 7.12. The largest absolute Gasteiger partial charge is 0.493 e. The molecule has 1 aromatic heterocycles. The van der Waals surface area contributed by atoms with Crippen molar-refractivity contribution in [3.8, 4) is 23.1 Å². The van der Waals surface area contributed by atoms with Crippen LogP contribution in [0, 0.1) is 17.2 Å². The van der Waals surface area contributed by atoms with E-state index in [0.29, 0.717) is 24.6 Å². The Morgan fingerprint density at radius 1 is 1.29 bits per heavy atom. The van der Waals surface area contributed by atoms with Crippen LogP contribution in [0.4, 0.5) is 24.5 Å². The first kappa shape index (κ1) is 26.1. The summed E-state index contributed by atoms with van der Waals surface area (Å²) in [5, 5.41) is 14.7. The fourth-order valence-corrected chi connectivity index (χ4v) is 4.08. The highest BCUT2D eigenvalue weighted by Gasteiger charge is 2.35. The van der Waals surface area contributed by atoms with Gasteiger partial charge in [-0.2, -0.15) is 18.4 Å². The summed E-state index contributed by atoms with van der Waals surface area (Å²) in [6.45, 7) is 2.06. The number of rotatable bonds is 8. The van der Waals surface area contributed by atoms with Gasteiger partial charge in [-0.3, -0.25) is 9.69 Å². The van der Waals surface area contributed by atoms with Crippen molar-refractivity contribution in [1.82, 2.24) is 15.2 Å². The Labute approximate surface area is 202 Å². The quantitative estimate of drug-likeness (QED) is 0.519. The van der Waals surface area contributed by atoms with Crippen LogP contribution in [-0.4, -0.2) is 56.1 Å². The van der Waals surface area contributed by atoms with Crippen molar-refractivity contribution in [3.05, 3.63) is 35.5 Å². The lowest BCUT2D eigenvalue weighted by atomic mass is 9.94. The van der Waals surface area contributed by atoms with Crippen LogP contribution in [-0.2, 0) is 11.0 Å². The maximum absolute atomic E-state index is 13.8. The van der Waals surface area contributed by atoms with Crippen molar-refractivity contribution in [1.29, 1.82) is 5.26 Å². The zero-order valence-corrected chi connectivity index (χ0v) is 19.7. The van der Waals surface area contributed by atoms with E-state index in [2.05, 4.69) is 20.5 Å². The van der Waals surface area contributed by atoms with Crippen LogP contribution in [0.2, 0.25) is 0 Å². The number of piperidine rings is 1. The molecule has 0 bridgehead atoms. The average Bonchev–Trinajstić information content (AvgIpc) is 2.84. The number of nitriles is 1. The number of ether oxygens (including phenoxy) is 1. The number of amides is 1. The van der Waals surface area contributed by atoms with E-state index in [1.54, 1.807) is 14.1 Å². The summed E-state index contributed by atoms with van der Waals surface area (Å²) >= 11 is 0. The number of alkyl halides is 3. The molecule has 188 valence electrons. The smallest absolute Gasteiger partial charge is 0.419 e. The van der Waals surface area contributed by atoms with Crippen LogP contribution in [0.3, 0.4) is 0 Å². The van der Waals surface area contributed by atoms with Gasteiger partial charge >= 0.3 is 6.18 Å². The fraction of sp³-hybridized carbons (Fsp3) is 0.458. The molecule has 1 fully saturated rings. The highest BCUT2D eigenvalue weighted by molar-refractivity contribution is 5.78. The third-order valence-electron chi connectivity index (χ3n) is 6.15. The number of nitrogens with two attached hydrogens (primary N) is 1. The van der Waals surface area contributed by atoms with Crippen LogP contribution in [0.15, 0.2) is 24.3 Å². The zero-order valence-electron chi connectivity index (χ0n) is 19.7. The van der Waals surface area contributed by atoms with Crippen molar-refractivity contribution in [2.45, 2.75) is 25.4 Å². The van der Waals surface area contributed by atoms with E-state index in [1.165, 1.54) is 18.2 Å². The normalized spacial score (nSPS) is 14.9. The Hall–Kier alpha value is -3.52. The molecule has 11 heteroatoms. The van der Waals surface area contributed by atoms with E-state index in [-0.39, 0.29) is 40.9 Å². The molecule has 4 N–H and O–H groups in total. The number of hydrogen-bond acceptors (Lipinski definition) is 7. The number of carbonyl (C=O) groups excluding carboxylic acids is 1. The zero-order chi connectivity index (χ0) is 25.6. The van der Waals surface area contributed by atoms with Crippen LogP contribution in [0.5, 0.6) is 5.75 Å². The van der Waals surface area contributed by atoms with E-state index in [1.807, 2.05) is 6.07 Å². The Kier molecular flexibility index (Phi) is 8.40. The molecule has 8 nitrogen and oxygen atoms in total. The summed E-state index contributed by atoms with van der Waals surface area (Å²) < 4.78 is 47.1. The molecule has 1 saturated heterocycles. The first-order valence-electron chi connectivity index (χ1n) is 11.3. The molecule has 0 unspecified atom stereocenters. The number of carbonyl (C=O) groups is 1. The SMILES string of the molecule is CNC(=O)CN1CCC(CCOc2ccc(-c3cc(NC)c(N)c(C#N)n3)cc2C(F)(F)F)CC1. The molecule has 0 saturated carbocycles. The lowest BCUT2D eigenvalue weighted by molar-refractivity contribution is -0.139. The molecule has 0 aliphatic carbocycles. The van der Waals surface area contributed by atoms with Crippen LogP contribution >= 0.6 is 0 Å². The monoisotopic (exact) mass is 490 g/mol. The highest BCUT2D eigenvalue weighted by Crippen LogP contribution is 2.39. The van der Waals surface area contributed by atoms with Gasteiger partial charge < -0.3 is 21.1 Å². The standard InChI is InChI=1S/C24H29F3N6O2/c1-30-19-12-18(32-20(13-28)23(19)29)16-3-4-21(17(11-16)24(25,26)27)35-10-7-15-5-8-33(9-6-15)14-22(34)31-2/h3-4,11-12,15H,5-10,14,29H2,1-2H3,(H,30,32)(H,31,34).